The lowest BCUT2D eigenvalue weighted by Crippen LogP contribution is -2.28. The number of anilines is 3. The van der Waals surface area contributed by atoms with Crippen molar-refractivity contribution in [1.29, 1.82) is 0 Å². The largest absolute Gasteiger partial charge is 0.492 e. The summed E-state index contributed by atoms with van der Waals surface area (Å²) < 4.78 is 16.2. The van der Waals surface area contributed by atoms with E-state index in [1.54, 1.807) is 17.0 Å². The van der Waals surface area contributed by atoms with Crippen molar-refractivity contribution < 1.29 is 23.8 Å². The zero-order chi connectivity index (χ0) is 19.7. The monoisotopic (exact) mass is 383 g/mol. The number of hydrogen-bond acceptors (Lipinski definition) is 6. The average molecular weight is 383 g/mol. The topological polar surface area (TPSA) is 103 Å². The normalized spacial score (nSPS) is 17.7. The summed E-state index contributed by atoms with van der Waals surface area (Å²) in [4.78, 5) is 26.9. The van der Waals surface area contributed by atoms with Gasteiger partial charge >= 0.3 is 0 Å². The van der Waals surface area contributed by atoms with Crippen LogP contribution in [0.25, 0.3) is 0 Å². The van der Waals surface area contributed by atoms with Crippen LogP contribution in [0.1, 0.15) is 13.3 Å². The molecule has 2 aromatic carbocycles. The van der Waals surface area contributed by atoms with Crippen molar-refractivity contribution in [3.63, 3.8) is 0 Å². The number of amides is 2. The molecule has 8 heteroatoms. The van der Waals surface area contributed by atoms with Gasteiger partial charge in [0, 0.05) is 25.1 Å². The Hall–Kier alpha value is -3.42. The maximum absolute atomic E-state index is 12.8. The minimum absolute atomic E-state index is 0.119. The molecule has 0 radical (unpaired) electrons. The summed E-state index contributed by atoms with van der Waals surface area (Å²) in [7, 11) is 0. The first-order valence-corrected chi connectivity index (χ1v) is 9.09. The number of ether oxygens (including phenoxy) is 3. The van der Waals surface area contributed by atoms with Crippen LogP contribution < -0.4 is 30.2 Å². The van der Waals surface area contributed by atoms with E-state index in [-0.39, 0.29) is 31.6 Å². The molecular weight excluding hydrogens is 362 g/mol. The van der Waals surface area contributed by atoms with E-state index in [4.69, 9.17) is 19.9 Å². The molecule has 1 saturated heterocycles. The predicted molar refractivity (Wildman–Crippen MR) is 104 cm³/mol. The second kappa shape index (κ2) is 7.30. The Kier molecular flexibility index (Phi) is 4.68. The van der Waals surface area contributed by atoms with Gasteiger partial charge in [-0.2, -0.15) is 0 Å². The first kappa shape index (κ1) is 18.0. The summed E-state index contributed by atoms with van der Waals surface area (Å²) >= 11 is 0. The van der Waals surface area contributed by atoms with Crippen LogP contribution in [0.5, 0.6) is 17.2 Å². The summed E-state index contributed by atoms with van der Waals surface area (Å²) in [5.74, 6) is 0.817. The number of carbonyl (C=O) groups is 2. The Labute approximate surface area is 162 Å². The summed E-state index contributed by atoms with van der Waals surface area (Å²) in [5.41, 5.74) is 7.48. The standard InChI is InChI=1S/C20H21N3O5/c1-2-26-16-6-4-3-5-15(16)23-10-12(7-19(23)24)20(25)22-14-9-18-17(8-13(14)21)27-11-28-18/h3-6,8-9,12H,2,7,10-11,21H2,1H3,(H,22,25). The van der Waals surface area contributed by atoms with Crippen molar-refractivity contribution in [2.24, 2.45) is 5.92 Å². The van der Waals surface area contributed by atoms with E-state index in [9.17, 15) is 9.59 Å². The number of benzene rings is 2. The van der Waals surface area contributed by atoms with Gasteiger partial charge in [0.25, 0.3) is 0 Å². The zero-order valence-electron chi connectivity index (χ0n) is 15.4. The van der Waals surface area contributed by atoms with E-state index >= 15 is 0 Å². The van der Waals surface area contributed by atoms with Crippen LogP contribution in [0, 0.1) is 5.92 Å². The minimum Gasteiger partial charge on any atom is -0.492 e. The number of nitrogens with two attached hydrogens (primary N) is 1. The molecule has 3 N–H and O–H groups in total. The first-order chi connectivity index (χ1) is 13.6. The van der Waals surface area contributed by atoms with E-state index in [1.807, 2.05) is 31.2 Å². The third kappa shape index (κ3) is 3.28. The number of nitrogen functional groups attached to an aromatic ring is 1. The Morgan fingerprint density at radius 3 is 2.82 bits per heavy atom. The third-order valence-electron chi connectivity index (χ3n) is 4.75. The highest BCUT2D eigenvalue weighted by atomic mass is 16.7. The summed E-state index contributed by atoms with van der Waals surface area (Å²) in [6.07, 6.45) is 0.122. The van der Waals surface area contributed by atoms with Gasteiger partial charge in [-0.3, -0.25) is 9.59 Å². The van der Waals surface area contributed by atoms with Crippen molar-refractivity contribution in [3.05, 3.63) is 36.4 Å². The molecule has 0 spiro atoms. The van der Waals surface area contributed by atoms with Gasteiger partial charge in [-0.05, 0) is 19.1 Å². The molecule has 2 heterocycles. The average Bonchev–Trinajstić information content (AvgIpc) is 3.29. The lowest BCUT2D eigenvalue weighted by atomic mass is 10.1. The number of nitrogens with one attached hydrogen (secondary N) is 1. The molecule has 2 amide bonds. The number of para-hydroxylation sites is 2. The Morgan fingerprint density at radius 1 is 1.29 bits per heavy atom. The van der Waals surface area contributed by atoms with Gasteiger partial charge in [0.2, 0.25) is 18.6 Å². The SMILES string of the molecule is CCOc1ccccc1N1CC(C(=O)Nc2cc3c(cc2N)OCO3)CC1=O. The molecule has 8 nitrogen and oxygen atoms in total. The molecule has 1 atom stereocenters. The number of nitrogens with zero attached hydrogens (tertiary/aromatic N) is 1. The van der Waals surface area contributed by atoms with Gasteiger partial charge in [0.1, 0.15) is 5.75 Å². The Balaban J connectivity index is 1.49. The number of rotatable bonds is 5. The van der Waals surface area contributed by atoms with E-state index in [1.165, 1.54) is 0 Å². The summed E-state index contributed by atoms with van der Waals surface area (Å²) in [6.45, 7) is 2.78. The number of carbonyl (C=O) groups excluding carboxylic acids is 2. The van der Waals surface area contributed by atoms with Gasteiger partial charge in [-0.1, -0.05) is 12.1 Å². The molecule has 2 aliphatic rings. The van der Waals surface area contributed by atoms with Crippen molar-refractivity contribution in [1.82, 2.24) is 0 Å². The molecule has 0 aromatic heterocycles. The van der Waals surface area contributed by atoms with E-state index < -0.39 is 5.92 Å². The van der Waals surface area contributed by atoms with Crippen LogP contribution >= 0.6 is 0 Å². The first-order valence-electron chi connectivity index (χ1n) is 9.09. The van der Waals surface area contributed by atoms with Crippen molar-refractivity contribution >= 4 is 28.9 Å². The van der Waals surface area contributed by atoms with Crippen molar-refractivity contribution in [3.8, 4) is 17.2 Å². The Bertz CT molecular complexity index is 930. The van der Waals surface area contributed by atoms with Gasteiger partial charge in [-0.25, -0.2) is 0 Å². The van der Waals surface area contributed by atoms with Gasteiger partial charge < -0.3 is 30.2 Å². The van der Waals surface area contributed by atoms with E-state index in [2.05, 4.69) is 5.32 Å². The smallest absolute Gasteiger partial charge is 0.231 e. The highest BCUT2D eigenvalue weighted by molar-refractivity contribution is 6.05. The number of hydrogen-bond donors (Lipinski definition) is 2. The van der Waals surface area contributed by atoms with Gasteiger partial charge in [0.15, 0.2) is 11.5 Å². The molecule has 0 bridgehead atoms. The lowest BCUT2D eigenvalue weighted by Gasteiger charge is -2.20. The minimum atomic E-state index is -0.494. The predicted octanol–water partition coefficient (Wildman–Crippen LogP) is 2.39. The molecule has 146 valence electrons. The Morgan fingerprint density at radius 2 is 2.04 bits per heavy atom. The summed E-state index contributed by atoms with van der Waals surface area (Å²) in [5, 5.41) is 2.80. The van der Waals surface area contributed by atoms with Crippen molar-refractivity contribution in [2.45, 2.75) is 13.3 Å². The van der Waals surface area contributed by atoms with Crippen molar-refractivity contribution in [2.75, 3.05) is 35.9 Å². The molecule has 1 fully saturated rings. The van der Waals surface area contributed by atoms with Crippen LogP contribution in [0.15, 0.2) is 36.4 Å². The van der Waals surface area contributed by atoms with Gasteiger partial charge in [-0.15, -0.1) is 0 Å². The fourth-order valence-corrected chi connectivity index (χ4v) is 3.37. The highest BCUT2D eigenvalue weighted by Gasteiger charge is 2.36. The van der Waals surface area contributed by atoms with Gasteiger partial charge in [0.05, 0.1) is 29.6 Å². The van der Waals surface area contributed by atoms with Crippen LogP contribution in [0.3, 0.4) is 0 Å². The van der Waals surface area contributed by atoms with E-state index in [0.29, 0.717) is 40.9 Å². The second-order valence-corrected chi connectivity index (χ2v) is 6.59. The molecule has 0 saturated carbocycles. The molecule has 4 rings (SSSR count). The van der Waals surface area contributed by atoms with Crippen LogP contribution in [0.4, 0.5) is 17.1 Å². The molecule has 2 aromatic rings. The van der Waals surface area contributed by atoms with E-state index in [0.717, 1.165) is 0 Å². The van der Waals surface area contributed by atoms with Crippen LogP contribution in [0.2, 0.25) is 0 Å². The highest BCUT2D eigenvalue weighted by Crippen LogP contribution is 2.39. The fraction of sp³-hybridized carbons (Fsp3) is 0.300. The van der Waals surface area contributed by atoms with Crippen LogP contribution in [-0.4, -0.2) is 31.8 Å². The second-order valence-electron chi connectivity index (χ2n) is 6.59. The maximum Gasteiger partial charge on any atom is 0.231 e. The van der Waals surface area contributed by atoms with Crippen LogP contribution in [-0.2, 0) is 9.59 Å². The zero-order valence-corrected chi connectivity index (χ0v) is 15.4. The maximum atomic E-state index is 12.8. The molecule has 28 heavy (non-hydrogen) atoms. The summed E-state index contributed by atoms with van der Waals surface area (Å²) in [6, 6.07) is 10.6. The molecule has 1 unspecified atom stereocenters. The quantitative estimate of drug-likeness (QED) is 0.769. The fourth-order valence-electron chi connectivity index (χ4n) is 3.37. The molecule has 0 aliphatic carbocycles. The number of fused-ring (bicyclic) bond motifs is 1. The molecule has 2 aliphatic heterocycles. The third-order valence-corrected chi connectivity index (χ3v) is 4.75. The molecular formula is C20H21N3O5. The lowest BCUT2D eigenvalue weighted by molar-refractivity contribution is -0.122.